The molecule has 2 saturated carbocycles. The fraction of sp³-hybridized carbons (Fsp3) is 0.500. The molecule has 1 saturated heterocycles. The number of carbonyl (C=O) groups excluding carboxylic acids is 5. The van der Waals surface area contributed by atoms with E-state index in [-0.39, 0.29) is 18.4 Å². The lowest BCUT2D eigenvalue weighted by molar-refractivity contribution is -0.348. The van der Waals surface area contributed by atoms with Gasteiger partial charge in [-0.25, -0.2) is 9.59 Å². The predicted molar refractivity (Wildman–Crippen MR) is 170 cm³/mol. The fourth-order valence-corrected chi connectivity index (χ4v) is 8.05. The molecule has 1 aliphatic heterocycles. The lowest BCUT2D eigenvalue weighted by atomic mass is 9.46. The molecule has 3 aliphatic rings. The van der Waals surface area contributed by atoms with E-state index in [1.807, 2.05) is 6.07 Å². The summed E-state index contributed by atoms with van der Waals surface area (Å²) in [6.45, 7) is 7.63. The van der Waals surface area contributed by atoms with Crippen LogP contribution in [-0.4, -0.2) is 87.8 Å². The van der Waals surface area contributed by atoms with Crippen molar-refractivity contribution in [2.24, 2.45) is 11.3 Å². The van der Waals surface area contributed by atoms with Crippen LogP contribution >= 0.6 is 0 Å². The van der Waals surface area contributed by atoms with Gasteiger partial charge in [-0.1, -0.05) is 30.3 Å². The number of rotatable bonds is 9. The number of benzene rings is 1. The number of aromatic nitrogens is 1. The molecule has 1 aromatic carbocycles. The van der Waals surface area contributed by atoms with Gasteiger partial charge in [-0.3, -0.25) is 19.4 Å². The molecule has 1 aromatic heterocycles. The monoisotopic (exact) mass is 679 g/mol. The van der Waals surface area contributed by atoms with Gasteiger partial charge in [0.15, 0.2) is 11.7 Å². The van der Waals surface area contributed by atoms with Crippen LogP contribution in [0.15, 0.2) is 60.9 Å². The number of ether oxygens (including phenoxy) is 6. The first kappa shape index (κ1) is 35.7. The highest BCUT2D eigenvalue weighted by Crippen LogP contribution is 2.69. The van der Waals surface area contributed by atoms with Crippen LogP contribution in [0.3, 0.4) is 0 Å². The van der Waals surface area contributed by atoms with E-state index in [4.69, 9.17) is 28.4 Å². The van der Waals surface area contributed by atoms with Crippen LogP contribution in [0.5, 0.6) is 0 Å². The van der Waals surface area contributed by atoms with Crippen molar-refractivity contribution in [2.45, 2.75) is 95.6 Å². The van der Waals surface area contributed by atoms with E-state index in [0.29, 0.717) is 5.56 Å². The normalized spacial score (nSPS) is 32.8. The van der Waals surface area contributed by atoms with Gasteiger partial charge in [0.2, 0.25) is 0 Å². The van der Waals surface area contributed by atoms with Crippen LogP contribution in [-0.2, 0) is 47.6 Å². The van der Waals surface area contributed by atoms with E-state index in [1.165, 1.54) is 44.4 Å². The van der Waals surface area contributed by atoms with Gasteiger partial charge in [-0.05, 0) is 57.4 Å². The predicted octanol–water partition coefficient (Wildman–Crippen LogP) is 3.37. The average Bonchev–Trinajstić information content (AvgIpc) is 3.23. The third-order valence-corrected chi connectivity index (χ3v) is 9.78. The van der Waals surface area contributed by atoms with Crippen molar-refractivity contribution in [1.82, 2.24) is 4.98 Å². The van der Waals surface area contributed by atoms with Gasteiger partial charge in [0.05, 0.1) is 22.7 Å². The highest BCUT2D eigenvalue weighted by atomic mass is 16.6. The van der Waals surface area contributed by atoms with Crippen LogP contribution in [0.1, 0.15) is 70.3 Å². The number of fused-ring (bicyclic) bond motifs is 1. The minimum absolute atomic E-state index is 0.0392. The number of hydrogen-bond donors (Lipinski definition) is 1. The molecule has 2 bridgehead atoms. The molecule has 49 heavy (non-hydrogen) atoms. The minimum Gasteiger partial charge on any atom is -0.465 e. The number of hydrogen-bond acceptors (Lipinski definition) is 13. The number of carbonyl (C=O) groups is 5. The van der Waals surface area contributed by atoms with Crippen LogP contribution in [0.2, 0.25) is 0 Å². The molecule has 3 fully saturated rings. The lowest BCUT2D eigenvalue weighted by Gasteiger charge is -2.65. The van der Waals surface area contributed by atoms with Gasteiger partial charge in [-0.15, -0.1) is 0 Å². The molecule has 0 unspecified atom stereocenters. The van der Waals surface area contributed by atoms with Gasteiger partial charge in [0.1, 0.15) is 30.3 Å². The van der Waals surface area contributed by atoms with E-state index >= 15 is 0 Å². The number of nitrogens with zero attached hydrogens (tertiary/aromatic N) is 1. The zero-order valence-corrected chi connectivity index (χ0v) is 28.2. The van der Waals surface area contributed by atoms with Crippen molar-refractivity contribution >= 4 is 35.9 Å². The van der Waals surface area contributed by atoms with Crippen molar-refractivity contribution in [2.75, 3.05) is 6.61 Å². The average molecular weight is 680 g/mol. The molecule has 1 spiro atoms. The molecular formula is C36H41NO12. The Morgan fingerprint density at radius 1 is 0.898 bits per heavy atom. The zero-order chi connectivity index (χ0) is 35.8. The largest absolute Gasteiger partial charge is 0.465 e. The number of pyridine rings is 1. The summed E-state index contributed by atoms with van der Waals surface area (Å²) in [5, 5.41) is 12.5. The van der Waals surface area contributed by atoms with Gasteiger partial charge >= 0.3 is 29.8 Å². The van der Waals surface area contributed by atoms with E-state index < -0.39 is 89.0 Å². The zero-order valence-electron chi connectivity index (χ0n) is 28.2. The Balaban J connectivity index is 1.78. The van der Waals surface area contributed by atoms with Crippen molar-refractivity contribution in [1.29, 1.82) is 0 Å². The van der Waals surface area contributed by atoms with Crippen LogP contribution in [0.4, 0.5) is 0 Å². The molecular weight excluding hydrogens is 638 g/mol. The Labute approximate surface area is 283 Å². The van der Waals surface area contributed by atoms with E-state index in [1.54, 1.807) is 44.2 Å². The summed E-state index contributed by atoms with van der Waals surface area (Å²) < 4.78 is 36.9. The molecule has 2 aliphatic carbocycles. The second kappa shape index (κ2) is 13.4. The highest BCUT2D eigenvalue weighted by Gasteiger charge is 2.87. The third-order valence-electron chi connectivity index (χ3n) is 9.78. The maximum Gasteiger partial charge on any atom is 0.340 e. The smallest absolute Gasteiger partial charge is 0.340 e. The summed E-state index contributed by atoms with van der Waals surface area (Å²) in [4.78, 5) is 69.7. The standard InChI is InChI=1S/C36H41NO12/c1-21(38)44-20-35-26(47-27(41)15-14-24-11-8-7-9-12-24)16-17-34(6,43)36(35)30(46-23(3)40)28(33(4,5)49-36)29(45-22(2)39)31(35)48-32(42)25-13-10-18-37-19-25/h7-15,18-19,26,28-31,43H,16-17,20H2,1-6H3/b15-14-/t26-,28+,29+,30+,31+,34-,35-,36-/m0/s1. The van der Waals surface area contributed by atoms with Crippen molar-refractivity contribution in [3.05, 3.63) is 72.1 Å². The minimum atomic E-state index is -2.06. The number of esters is 5. The Kier molecular flexibility index (Phi) is 9.73. The van der Waals surface area contributed by atoms with Gasteiger partial charge < -0.3 is 33.5 Å². The molecule has 2 aromatic rings. The van der Waals surface area contributed by atoms with Crippen molar-refractivity contribution < 1.29 is 57.5 Å². The summed E-state index contributed by atoms with van der Waals surface area (Å²) in [6, 6.07) is 12.0. The van der Waals surface area contributed by atoms with E-state index in [9.17, 15) is 29.1 Å². The Morgan fingerprint density at radius 2 is 1.59 bits per heavy atom. The summed E-state index contributed by atoms with van der Waals surface area (Å²) in [6.07, 6.45) is -0.292. The molecule has 0 radical (unpaired) electrons. The first-order valence-electron chi connectivity index (χ1n) is 16.0. The molecule has 13 heteroatoms. The van der Waals surface area contributed by atoms with Gasteiger partial charge in [0, 0.05) is 39.2 Å². The topological polar surface area (TPSA) is 174 Å². The van der Waals surface area contributed by atoms with Crippen LogP contribution in [0.25, 0.3) is 6.08 Å². The third kappa shape index (κ3) is 6.32. The van der Waals surface area contributed by atoms with E-state index in [0.717, 1.165) is 13.8 Å². The van der Waals surface area contributed by atoms with E-state index in [2.05, 4.69) is 4.98 Å². The Morgan fingerprint density at radius 3 is 2.20 bits per heavy atom. The highest BCUT2D eigenvalue weighted by molar-refractivity contribution is 5.89. The molecule has 13 nitrogen and oxygen atoms in total. The van der Waals surface area contributed by atoms with Crippen molar-refractivity contribution in [3.63, 3.8) is 0 Å². The maximum atomic E-state index is 13.9. The summed E-state index contributed by atoms with van der Waals surface area (Å²) in [5.41, 5.74) is -6.55. The van der Waals surface area contributed by atoms with Crippen LogP contribution in [0, 0.1) is 11.3 Å². The summed E-state index contributed by atoms with van der Waals surface area (Å²) in [5.74, 6) is -5.00. The molecule has 262 valence electrons. The molecule has 5 rings (SSSR count). The molecule has 2 heterocycles. The molecule has 1 N–H and O–H groups in total. The first-order chi connectivity index (χ1) is 23.1. The molecule has 8 atom stereocenters. The SMILES string of the molecule is CC(=O)OC[C@@]12[C@@H](OC(=O)/C=C\c3ccccc3)CC[C@](C)(O)[C@]13OC(C)(C)[C@H]([C@@H](OC(C)=O)[C@H]2OC(=O)c1cccnc1)[C@H]3OC(C)=O. The number of aliphatic hydroxyl groups is 1. The quantitative estimate of drug-likeness (QED) is 0.232. The Bertz CT molecular complexity index is 1620. The van der Waals surface area contributed by atoms with Crippen LogP contribution < -0.4 is 0 Å². The second-order valence-corrected chi connectivity index (χ2v) is 13.4. The summed E-state index contributed by atoms with van der Waals surface area (Å²) in [7, 11) is 0. The van der Waals surface area contributed by atoms with Crippen molar-refractivity contribution in [3.8, 4) is 0 Å². The summed E-state index contributed by atoms with van der Waals surface area (Å²) >= 11 is 0. The van der Waals surface area contributed by atoms with Gasteiger partial charge in [-0.2, -0.15) is 0 Å². The second-order valence-electron chi connectivity index (χ2n) is 13.4. The molecule has 0 amide bonds. The first-order valence-corrected chi connectivity index (χ1v) is 16.0. The maximum absolute atomic E-state index is 13.9. The van der Waals surface area contributed by atoms with Gasteiger partial charge in [0.25, 0.3) is 0 Å². The lowest BCUT2D eigenvalue weighted by Crippen LogP contribution is -2.83. The Hall–Kier alpha value is -4.62. The fourth-order valence-electron chi connectivity index (χ4n) is 8.05.